The summed E-state index contributed by atoms with van der Waals surface area (Å²) < 4.78 is 7.12. The third kappa shape index (κ3) is 3.59. The second-order valence-corrected chi connectivity index (χ2v) is 7.51. The fourth-order valence-electron chi connectivity index (χ4n) is 3.38. The normalized spacial score (nSPS) is 17.0. The van der Waals surface area contributed by atoms with Crippen LogP contribution in [0.2, 0.25) is 0 Å². The van der Waals surface area contributed by atoms with Crippen molar-refractivity contribution in [1.29, 1.82) is 0 Å². The lowest BCUT2D eigenvalue weighted by atomic mass is 10.2. The Hall–Kier alpha value is -2.32. The molecule has 0 saturated carbocycles. The van der Waals surface area contributed by atoms with Crippen molar-refractivity contribution in [3.63, 3.8) is 0 Å². The van der Waals surface area contributed by atoms with Crippen molar-refractivity contribution in [2.24, 2.45) is 0 Å². The van der Waals surface area contributed by atoms with E-state index in [2.05, 4.69) is 10.3 Å². The molecule has 2 N–H and O–H groups in total. The van der Waals surface area contributed by atoms with Gasteiger partial charge in [0.05, 0.1) is 11.9 Å². The SMILES string of the molecule is CCn1c(SCC(=O)NC[C@@H]2CCCO2)nc2c([nH]c3ccccc32)c1=O. The summed E-state index contributed by atoms with van der Waals surface area (Å²) in [5, 5.41) is 4.38. The quantitative estimate of drug-likeness (QED) is 0.501. The van der Waals surface area contributed by atoms with Crippen molar-refractivity contribution in [3.8, 4) is 0 Å². The van der Waals surface area contributed by atoms with Crippen LogP contribution in [0, 0.1) is 0 Å². The van der Waals surface area contributed by atoms with Crippen molar-refractivity contribution < 1.29 is 9.53 Å². The zero-order valence-electron chi connectivity index (χ0n) is 15.2. The van der Waals surface area contributed by atoms with E-state index in [-0.39, 0.29) is 23.3 Å². The number of aromatic nitrogens is 3. The fourth-order valence-corrected chi connectivity index (χ4v) is 4.26. The molecule has 4 rings (SSSR count). The molecule has 1 aliphatic rings. The van der Waals surface area contributed by atoms with Crippen LogP contribution in [0.1, 0.15) is 19.8 Å². The van der Waals surface area contributed by atoms with Crippen molar-refractivity contribution >= 4 is 39.6 Å². The molecule has 1 amide bonds. The van der Waals surface area contributed by atoms with Gasteiger partial charge in [0.2, 0.25) is 5.91 Å². The molecular formula is C19H22N4O3S. The van der Waals surface area contributed by atoms with Gasteiger partial charge in [-0.05, 0) is 25.8 Å². The van der Waals surface area contributed by atoms with Gasteiger partial charge in [0.15, 0.2) is 5.16 Å². The monoisotopic (exact) mass is 386 g/mol. The number of aromatic amines is 1. The molecule has 3 heterocycles. The second kappa shape index (κ2) is 7.74. The first-order valence-electron chi connectivity index (χ1n) is 9.19. The molecular weight excluding hydrogens is 364 g/mol. The first kappa shape index (κ1) is 18.1. The van der Waals surface area contributed by atoms with Gasteiger partial charge in [-0.1, -0.05) is 30.0 Å². The number of benzene rings is 1. The molecule has 1 atom stereocenters. The summed E-state index contributed by atoms with van der Waals surface area (Å²) >= 11 is 1.29. The lowest BCUT2D eigenvalue weighted by Crippen LogP contribution is -2.33. The predicted molar refractivity (Wildman–Crippen MR) is 106 cm³/mol. The number of ether oxygens (including phenoxy) is 1. The maximum Gasteiger partial charge on any atom is 0.278 e. The minimum absolute atomic E-state index is 0.0774. The number of hydrogen-bond donors (Lipinski definition) is 2. The molecule has 2 aromatic heterocycles. The van der Waals surface area contributed by atoms with Crippen molar-refractivity contribution in [1.82, 2.24) is 19.9 Å². The van der Waals surface area contributed by atoms with Crippen LogP contribution >= 0.6 is 11.8 Å². The number of amides is 1. The number of hydrogen-bond acceptors (Lipinski definition) is 5. The third-order valence-corrected chi connectivity index (χ3v) is 5.75. The molecule has 8 heteroatoms. The van der Waals surface area contributed by atoms with Gasteiger partial charge in [0.25, 0.3) is 5.56 Å². The van der Waals surface area contributed by atoms with Gasteiger partial charge in [-0.3, -0.25) is 14.2 Å². The highest BCUT2D eigenvalue weighted by Gasteiger charge is 2.18. The zero-order chi connectivity index (χ0) is 18.8. The van der Waals surface area contributed by atoms with E-state index in [1.54, 1.807) is 4.57 Å². The van der Waals surface area contributed by atoms with Crippen LogP contribution < -0.4 is 10.9 Å². The maximum atomic E-state index is 12.9. The summed E-state index contributed by atoms with van der Waals surface area (Å²) in [4.78, 5) is 32.9. The summed E-state index contributed by atoms with van der Waals surface area (Å²) in [6.07, 6.45) is 2.15. The highest BCUT2D eigenvalue weighted by molar-refractivity contribution is 7.99. The van der Waals surface area contributed by atoms with Crippen LogP contribution in [-0.4, -0.2) is 45.5 Å². The van der Waals surface area contributed by atoms with Crippen molar-refractivity contribution in [2.75, 3.05) is 18.9 Å². The summed E-state index contributed by atoms with van der Waals surface area (Å²) in [6.45, 7) is 3.71. The topological polar surface area (TPSA) is 89.0 Å². The smallest absolute Gasteiger partial charge is 0.278 e. The molecule has 142 valence electrons. The predicted octanol–water partition coefficient (Wildman–Crippen LogP) is 2.29. The Labute approximate surface area is 160 Å². The molecule has 1 saturated heterocycles. The van der Waals surface area contributed by atoms with Gasteiger partial charge in [-0.2, -0.15) is 0 Å². The molecule has 0 aliphatic carbocycles. The lowest BCUT2D eigenvalue weighted by molar-refractivity contribution is -0.119. The molecule has 0 spiro atoms. The number of nitrogens with zero attached hydrogens (tertiary/aromatic N) is 2. The second-order valence-electron chi connectivity index (χ2n) is 6.57. The Kier molecular flexibility index (Phi) is 5.18. The molecule has 1 fully saturated rings. The largest absolute Gasteiger partial charge is 0.376 e. The number of thioether (sulfide) groups is 1. The van der Waals surface area contributed by atoms with Crippen LogP contribution in [0.5, 0.6) is 0 Å². The van der Waals surface area contributed by atoms with Crippen LogP contribution in [0.25, 0.3) is 21.9 Å². The molecule has 0 radical (unpaired) electrons. The van der Waals surface area contributed by atoms with Gasteiger partial charge >= 0.3 is 0 Å². The molecule has 0 bridgehead atoms. The number of carbonyl (C=O) groups is 1. The van der Waals surface area contributed by atoms with E-state index >= 15 is 0 Å². The van der Waals surface area contributed by atoms with E-state index in [9.17, 15) is 9.59 Å². The molecule has 27 heavy (non-hydrogen) atoms. The Balaban J connectivity index is 1.56. The average Bonchev–Trinajstić information content (AvgIpc) is 3.33. The number of fused-ring (bicyclic) bond motifs is 3. The maximum absolute atomic E-state index is 12.9. The molecule has 7 nitrogen and oxygen atoms in total. The first-order valence-corrected chi connectivity index (χ1v) is 10.2. The summed E-state index contributed by atoms with van der Waals surface area (Å²) in [5.74, 6) is 0.138. The number of H-pyrrole nitrogens is 1. The Morgan fingerprint density at radius 3 is 3.07 bits per heavy atom. The summed E-state index contributed by atoms with van der Waals surface area (Å²) in [5.41, 5.74) is 1.94. The van der Waals surface area contributed by atoms with Crippen LogP contribution in [-0.2, 0) is 16.1 Å². The van der Waals surface area contributed by atoms with Gasteiger partial charge < -0.3 is 15.0 Å². The Morgan fingerprint density at radius 1 is 1.44 bits per heavy atom. The number of para-hydroxylation sites is 1. The molecule has 3 aromatic rings. The standard InChI is InChI=1S/C19H22N4O3S/c1-2-23-18(25)17-16(13-7-3-4-8-14(13)21-17)22-19(23)27-11-15(24)20-10-12-6-5-9-26-12/h3-4,7-8,12,21H,2,5-6,9-11H2,1H3,(H,20,24)/t12-/m0/s1. The van der Waals surface area contributed by atoms with E-state index in [4.69, 9.17) is 9.72 Å². The van der Waals surface area contributed by atoms with E-state index in [0.29, 0.717) is 29.3 Å². The highest BCUT2D eigenvalue weighted by Crippen LogP contribution is 2.24. The molecule has 1 aromatic carbocycles. The van der Waals surface area contributed by atoms with Crippen LogP contribution in [0.3, 0.4) is 0 Å². The number of carbonyl (C=O) groups excluding carboxylic acids is 1. The Bertz CT molecular complexity index is 1040. The summed E-state index contributed by atoms with van der Waals surface area (Å²) in [7, 11) is 0. The molecule has 1 aliphatic heterocycles. The summed E-state index contributed by atoms with van der Waals surface area (Å²) in [6, 6.07) is 7.72. The first-order chi connectivity index (χ1) is 13.2. The van der Waals surface area contributed by atoms with Crippen LogP contribution in [0.15, 0.2) is 34.2 Å². The van der Waals surface area contributed by atoms with E-state index in [0.717, 1.165) is 30.4 Å². The van der Waals surface area contributed by atoms with Gasteiger partial charge in [0.1, 0.15) is 11.0 Å². The highest BCUT2D eigenvalue weighted by atomic mass is 32.2. The van der Waals surface area contributed by atoms with E-state index < -0.39 is 0 Å². The zero-order valence-corrected chi connectivity index (χ0v) is 16.0. The van der Waals surface area contributed by atoms with Gasteiger partial charge in [0, 0.05) is 30.6 Å². The third-order valence-electron chi connectivity index (χ3n) is 4.78. The van der Waals surface area contributed by atoms with Gasteiger partial charge in [-0.15, -0.1) is 0 Å². The minimum atomic E-state index is -0.110. The number of nitrogens with one attached hydrogen (secondary N) is 2. The molecule has 0 unspecified atom stereocenters. The average molecular weight is 386 g/mol. The van der Waals surface area contributed by atoms with Crippen molar-refractivity contribution in [3.05, 3.63) is 34.6 Å². The van der Waals surface area contributed by atoms with Crippen LogP contribution in [0.4, 0.5) is 0 Å². The fraction of sp³-hybridized carbons (Fsp3) is 0.421. The van der Waals surface area contributed by atoms with Crippen molar-refractivity contribution in [2.45, 2.75) is 37.6 Å². The Morgan fingerprint density at radius 2 is 2.30 bits per heavy atom. The van der Waals surface area contributed by atoms with Gasteiger partial charge in [-0.25, -0.2) is 4.98 Å². The minimum Gasteiger partial charge on any atom is -0.376 e. The van der Waals surface area contributed by atoms with E-state index in [1.807, 2.05) is 31.2 Å². The lowest BCUT2D eigenvalue weighted by Gasteiger charge is -2.12. The van der Waals surface area contributed by atoms with E-state index in [1.165, 1.54) is 11.8 Å². The number of rotatable bonds is 6.